The molecule has 0 atom stereocenters. The zero-order valence-corrected chi connectivity index (χ0v) is 11.6. The number of rotatable bonds is 5. The summed E-state index contributed by atoms with van der Waals surface area (Å²) in [5.41, 5.74) is 2.19. The van der Waals surface area contributed by atoms with Crippen LogP contribution in [0, 0.1) is 5.92 Å². The molecule has 0 aromatic carbocycles. The molecule has 1 heterocycles. The Morgan fingerprint density at radius 2 is 1.89 bits per heavy atom. The number of amides is 2. The van der Waals surface area contributed by atoms with E-state index in [0.717, 1.165) is 6.54 Å². The average molecular weight is 268 g/mol. The SMILES string of the molecule is CCN(CC(=O)N1CCC(C(=O)NN)CC1)C1CC1. The maximum atomic E-state index is 12.2. The molecule has 0 bridgehead atoms. The summed E-state index contributed by atoms with van der Waals surface area (Å²) in [4.78, 5) is 27.8. The number of likely N-dealkylation sites (tertiary alicyclic amines) is 1. The zero-order valence-electron chi connectivity index (χ0n) is 11.6. The third-order valence-electron chi connectivity index (χ3n) is 4.17. The van der Waals surface area contributed by atoms with Gasteiger partial charge in [-0.15, -0.1) is 0 Å². The molecule has 0 unspecified atom stereocenters. The van der Waals surface area contributed by atoms with Gasteiger partial charge in [0.25, 0.3) is 0 Å². The normalized spacial score (nSPS) is 20.7. The predicted octanol–water partition coefficient (Wildman–Crippen LogP) is -0.301. The van der Waals surface area contributed by atoms with E-state index in [9.17, 15) is 9.59 Å². The standard InChI is InChI=1S/C13H24N4O2/c1-2-16(11-3-4-11)9-12(18)17-7-5-10(6-8-17)13(19)15-14/h10-11H,2-9,14H2,1H3,(H,15,19). The minimum Gasteiger partial charge on any atom is -0.342 e. The molecule has 2 aliphatic rings. The van der Waals surface area contributed by atoms with Crippen molar-refractivity contribution in [3.8, 4) is 0 Å². The first-order valence-corrected chi connectivity index (χ1v) is 7.18. The number of hydrogen-bond donors (Lipinski definition) is 2. The van der Waals surface area contributed by atoms with Gasteiger partial charge in [-0.05, 0) is 32.2 Å². The molecule has 2 fully saturated rings. The van der Waals surface area contributed by atoms with Gasteiger partial charge >= 0.3 is 0 Å². The minimum atomic E-state index is -0.111. The van der Waals surface area contributed by atoms with Crippen molar-refractivity contribution in [2.24, 2.45) is 11.8 Å². The van der Waals surface area contributed by atoms with Crippen molar-refractivity contribution >= 4 is 11.8 Å². The fourth-order valence-corrected chi connectivity index (χ4v) is 2.72. The first-order valence-electron chi connectivity index (χ1n) is 7.18. The number of carbonyl (C=O) groups is 2. The fraction of sp³-hybridized carbons (Fsp3) is 0.846. The van der Waals surface area contributed by atoms with Gasteiger partial charge in [-0.25, -0.2) is 5.84 Å². The molecule has 0 radical (unpaired) electrons. The minimum absolute atomic E-state index is 0.0419. The van der Waals surface area contributed by atoms with Crippen molar-refractivity contribution in [2.75, 3.05) is 26.2 Å². The summed E-state index contributed by atoms with van der Waals surface area (Å²) in [5, 5.41) is 0. The van der Waals surface area contributed by atoms with E-state index < -0.39 is 0 Å². The lowest BCUT2D eigenvalue weighted by atomic mass is 9.96. The van der Waals surface area contributed by atoms with Crippen LogP contribution in [0.25, 0.3) is 0 Å². The number of nitrogens with two attached hydrogens (primary N) is 1. The summed E-state index contributed by atoms with van der Waals surface area (Å²) in [6, 6.07) is 0.620. The van der Waals surface area contributed by atoms with Crippen LogP contribution < -0.4 is 11.3 Å². The Balaban J connectivity index is 1.77. The first kappa shape index (κ1) is 14.3. The molecule has 1 saturated carbocycles. The fourth-order valence-electron chi connectivity index (χ4n) is 2.72. The molecular formula is C13H24N4O2. The van der Waals surface area contributed by atoms with Crippen LogP contribution in [0.3, 0.4) is 0 Å². The van der Waals surface area contributed by atoms with E-state index in [2.05, 4.69) is 17.2 Å². The number of hydrazine groups is 1. The van der Waals surface area contributed by atoms with Gasteiger partial charge in [-0.2, -0.15) is 0 Å². The second-order valence-corrected chi connectivity index (χ2v) is 5.46. The number of hydrogen-bond acceptors (Lipinski definition) is 4. The lowest BCUT2D eigenvalue weighted by Gasteiger charge is -2.32. The highest BCUT2D eigenvalue weighted by molar-refractivity contribution is 5.80. The second kappa shape index (κ2) is 6.34. The maximum absolute atomic E-state index is 12.2. The Bertz CT molecular complexity index is 336. The second-order valence-electron chi connectivity index (χ2n) is 5.46. The molecule has 2 rings (SSSR count). The molecular weight excluding hydrogens is 244 g/mol. The summed E-state index contributed by atoms with van der Waals surface area (Å²) in [7, 11) is 0. The molecule has 0 aromatic heterocycles. The molecule has 0 aromatic rings. The molecule has 1 saturated heterocycles. The van der Waals surface area contributed by atoms with Crippen LogP contribution in [0.2, 0.25) is 0 Å². The van der Waals surface area contributed by atoms with Crippen LogP contribution in [0.5, 0.6) is 0 Å². The van der Waals surface area contributed by atoms with E-state index in [4.69, 9.17) is 5.84 Å². The van der Waals surface area contributed by atoms with Crippen molar-refractivity contribution < 1.29 is 9.59 Å². The molecule has 1 aliphatic carbocycles. The number of likely N-dealkylation sites (N-methyl/N-ethyl adjacent to an activating group) is 1. The van der Waals surface area contributed by atoms with Gasteiger partial charge in [0, 0.05) is 25.0 Å². The summed E-state index contributed by atoms with van der Waals surface area (Å²) in [6.45, 7) is 4.89. The summed E-state index contributed by atoms with van der Waals surface area (Å²) >= 11 is 0. The van der Waals surface area contributed by atoms with Gasteiger partial charge in [-0.3, -0.25) is 19.9 Å². The van der Waals surface area contributed by atoms with Gasteiger partial charge in [0.15, 0.2) is 0 Å². The Morgan fingerprint density at radius 1 is 1.26 bits per heavy atom. The Morgan fingerprint density at radius 3 is 2.37 bits per heavy atom. The van der Waals surface area contributed by atoms with Crippen LogP contribution in [-0.4, -0.2) is 53.8 Å². The van der Waals surface area contributed by atoms with E-state index in [0.29, 0.717) is 38.5 Å². The van der Waals surface area contributed by atoms with Gasteiger partial charge in [0.05, 0.1) is 6.54 Å². The lowest BCUT2D eigenvalue weighted by Crippen LogP contribution is -2.47. The van der Waals surface area contributed by atoms with Gasteiger partial charge in [0.2, 0.25) is 11.8 Å². The Hall–Kier alpha value is -1.14. The molecule has 0 spiro atoms. The first-order chi connectivity index (χ1) is 9.15. The highest BCUT2D eigenvalue weighted by Crippen LogP contribution is 2.26. The average Bonchev–Trinajstić information content (AvgIpc) is 3.28. The number of carbonyl (C=O) groups excluding carboxylic acids is 2. The summed E-state index contributed by atoms with van der Waals surface area (Å²) in [5.74, 6) is 5.18. The highest BCUT2D eigenvalue weighted by atomic mass is 16.2. The topological polar surface area (TPSA) is 78.7 Å². The Kier molecular flexibility index (Phi) is 4.76. The molecule has 6 heteroatoms. The van der Waals surface area contributed by atoms with E-state index >= 15 is 0 Å². The van der Waals surface area contributed by atoms with Crippen molar-refractivity contribution in [1.29, 1.82) is 0 Å². The summed E-state index contributed by atoms with van der Waals surface area (Å²) < 4.78 is 0. The van der Waals surface area contributed by atoms with Crippen molar-refractivity contribution in [1.82, 2.24) is 15.2 Å². The quantitative estimate of drug-likeness (QED) is 0.408. The molecule has 19 heavy (non-hydrogen) atoms. The van der Waals surface area contributed by atoms with E-state index in [1.54, 1.807) is 0 Å². The van der Waals surface area contributed by atoms with Crippen LogP contribution in [-0.2, 0) is 9.59 Å². The molecule has 6 nitrogen and oxygen atoms in total. The van der Waals surface area contributed by atoms with Crippen molar-refractivity contribution in [3.05, 3.63) is 0 Å². The molecule has 3 N–H and O–H groups in total. The van der Waals surface area contributed by atoms with E-state index in [1.165, 1.54) is 12.8 Å². The van der Waals surface area contributed by atoms with E-state index in [-0.39, 0.29) is 17.7 Å². The van der Waals surface area contributed by atoms with Gasteiger partial charge in [0.1, 0.15) is 0 Å². The van der Waals surface area contributed by atoms with Crippen LogP contribution in [0.15, 0.2) is 0 Å². The van der Waals surface area contributed by atoms with Crippen molar-refractivity contribution in [3.63, 3.8) is 0 Å². The van der Waals surface area contributed by atoms with E-state index in [1.807, 2.05) is 4.90 Å². The van der Waals surface area contributed by atoms with Crippen molar-refractivity contribution in [2.45, 2.75) is 38.6 Å². The number of nitrogens with zero attached hydrogens (tertiary/aromatic N) is 2. The third kappa shape index (κ3) is 3.67. The molecule has 1 aliphatic heterocycles. The number of nitrogens with one attached hydrogen (secondary N) is 1. The van der Waals surface area contributed by atoms with Gasteiger partial charge < -0.3 is 4.90 Å². The third-order valence-corrected chi connectivity index (χ3v) is 4.17. The monoisotopic (exact) mass is 268 g/mol. The summed E-state index contributed by atoms with van der Waals surface area (Å²) in [6.07, 6.45) is 3.87. The van der Waals surface area contributed by atoms with Crippen LogP contribution in [0.1, 0.15) is 32.6 Å². The van der Waals surface area contributed by atoms with Crippen LogP contribution >= 0.6 is 0 Å². The molecule has 2 amide bonds. The Labute approximate surface area is 114 Å². The smallest absolute Gasteiger partial charge is 0.237 e. The largest absolute Gasteiger partial charge is 0.342 e. The zero-order chi connectivity index (χ0) is 13.8. The van der Waals surface area contributed by atoms with Crippen LogP contribution in [0.4, 0.5) is 0 Å². The van der Waals surface area contributed by atoms with Gasteiger partial charge in [-0.1, -0.05) is 6.92 Å². The number of piperidine rings is 1. The predicted molar refractivity (Wildman–Crippen MR) is 71.9 cm³/mol. The lowest BCUT2D eigenvalue weighted by molar-refractivity contribution is -0.136. The highest BCUT2D eigenvalue weighted by Gasteiger charge is 2.32. The maximum Gasteiger partial charge on any atom is 0.237 e. The molecule has 108 valence electrons.